The Morgan fingerprint density at radius 3 is 2.08 bits per heavy atom. The molecule has 8 heteroatoms. The van der Waals surface area contributed by atoms with Gasteiger partial charge >= 0.3 is 5.97 Å². The summed E-state index contributed by atoms with van der Waals surface area (Å²) in [6.07, 6.45) is 0.943. The normalized spacial score (nSPS) is 18.6. The van der Waals surface area contributed by atoms with Gasteiger partial charge in [0.15, 0.2) is 23.0 Å². The van der Waals surface area contributed by atoms with E-state index in [9.17, 15) is 9.90 Å². The average Bonchev–Trinajstić information content (AvgIpc) is 3.33. The smallest absolute Gasteiger partial charge is 0.335 e. The molecule has 0 aromatic heterocycles. The third-order valence-electron chi connectivity index (χ3n) is 7.15. The second kappa shape index (κ2) is 12.1. The molecule has 0 unspecified atom stereocenters. The Balaban J connectivity index is 1.74. The minimum atomic E-state index is -0.944. The van der Waals surface area contributed by atoms with E-state index in [1.54, 1.807) is 47.7 Å². The van der Waals surface area contributed by atoms with Crippen LogP contribution in [-0.2, 0) is 17.6 Å². The molecule has 0 aliphatic carbocycles. The van der Waals surface area contributed by atoms with Crippen LogP contribution in [0.4, 0.5) is 0 Å². The molecule has 1 heterocycles. The molecule has 0 saturated carbocycles. The molecule has 38 heavy (non-hydrogen) atoms. The van der Waals surface area contributed by atoms with Gasteiger partial charge in [-0.1, -0.05) is 24.3 Å². The molecule has 0 spiro atoms. The fourth-order valence-electron chi connectivity index (χ4n) is 5.29. The predicted octanol–water partition coefficient (Wildman–Crippen LogP) is 5.22. The first-order valence-electron chi connectivity index (χ1n) is 12.4. The summed E-state index contributed by atoms with van der Waals surface area (Å²) in [5, 5.41) is 9.82. The van der Waals surface area contributed by atoms with E-state index in [1.807, 2.05) is 42.5 Å². The number of carbonyl (C=O) groups is 1. The quantitative estimate of drug-likeness (QED) is 0.367. The SMILES string of the molecule is COc1ccc(C[C@H]2CO[C@H](c3cc(OC)c(OC)c(OC)c3)[C@@H]2Cc2ccccc2C(=O)O)cc1OC. The van der Waals surface area contributed by atoms with Crippen LogP contribution < -0.4 is 23.7 Å². The highest BCUT2D eigenvalue weighted by Crippen LogP contribution is 2.47. The molecule has 3 atom stereocenters. The zero-order chi connectivity index (χ0) is 27.2. The van der Waals surface area contributed by atoms with E-state index < -0.39 is 5.97 Å². The molecular weight excluding hydrogens is 488 g/mol. The van der Waals surface area contributed by atoms with E-state index >= 15 is 0 Å². The molecule has 8 nitrogen and oxygen atoms in total. The molecule has 1 fully saturated rings. The Kier molecular flexibility index (Phi) is 8.63. The maximum atomic E-state index is 12.0. The van der Waals surface area contributed by atoms with Gasteiger partial charge in [-0.15, -0.1) is 0 Å². The molecular formula is C30H34O8. The van der Waals surface area contributed by atoms with Gasteiger partial charge in [0, 0.05) is 0 Å². The minimum absolute atomic E-state index is 0.0218. The van der Waals surface area contributed by atoms with Gasteiger partial charge < -0.3 is 33.5 Å². The fraction of sp³-hybridized carbons (Fsp3) is 0.367. The van der Waals surface area contributed by atoms with Crippen LogP contribution in [0.5, 0.6) is 28.7 Å². The van der Waals surface area contributed by atoms with E-state index in [0.29, 0.717) is 47.3 Å². The summed E-state index contributed by atoms with van der Waals surface area (Å²) in [6.45, 7) is 0.510. The number of rotatable bonds is 11. The van der Waals surface area contributed by atoms with Gasteiger partial charge in [0.2, 0.25) is 5.75 Å². The number of aromatic carboxylic acids is 1. The number of carboxylic acids is 1. The van der Waals surface area contributed by atoms with Crippen molar-refractivity contribution in [2.75, 3.05) is 42.2 Å². The van der Waals surface area contributed by atoms with Gasteiger partial charge in [0.05, 0.1) is 53.8 Å². The molecule has 0 amide bonds. The Labute approximate surface area is 223 Å². The fourth-order valence-corrected chi connectivity index (χ4v) is 5.29. The van der Waals surface area contributed by atoms with Gasteiger partial charge in [0.25, 0.3) is 0 Å². The lowest BCUT2D eigenvalue weighted by Gasteiger charge is -2.25. The zero-order valence-corrected chi connectivity index (χ0v) is 22.4. The lowest BCUT2D eigenvalue weighted by atomic mass is 9.79. The Hall–Kier alpha value is -3.91. The Morgan fingerprint density at radius 2 is 1.47 bits per heavy atom. The van der Waals surface area contributed by atoms with Crippen LogP contribution in [0, 0.1) is 11.8 Å². The first-order chi connectivity index (χ1) is 18.4. The van der Waals surface area contributed by atoms with Crippen LogP contribution in [0.1, 0.15) is 33.2 Å². The molecule has 1 N–H and O–H groups in total. The highest BCUT2D eigenvalue weighted by atomic mass is 16.5. The Bertz CT molecular complexity index is 1250. The van der Waals surface area contributed by atoms with E-state index in [0.717, 1.165) is 23.1 Å². The van der Waals surface area contributed by atoms with Crippen LogP contribution in [0.2, 0.25) is 0 Å². The highest BCUT2D eigenvalue weighted by molar-refractivity contribution is 5.89. The van der Waals surface area contributed by atoms with Gasteiger partial charge in [0.1, 0.15) is 0 Å². The summed E-state index contributed by atoms with van der Waals surface area (Å²) in [7, 11) is 7.96. The van der Waals surface area contributed by atoms with Gasteiger partial charge in [-0.05, 0) is 71.7 Å². The van der Waals surface area contributed by atoms with Crippen molar-refractivity contribution in [1.29, 1.82) is 0 Å². The number of benzene rings is 3. The van der Waals surface area contributed by atoms with Crippen LogP contribution in [0.15, 0.2) is 54.6 Å². The minimum Gasteiger partial charge on any atom is -0.493 e. The molecule has 1 aliphatic heterocycles. The number of hydrogen-bond acceptors (Lipinski definition) is 7. The van der Waals surface area contributed by atoms with Crippen LogP contribution in [-0.4, -0.2) is 53.2 Å². The number of ether oxygens (including phenoxy) is 6. The molecule has 0 radical (unpaired) electrons. The summed E-state index contributed by atoms with van der Waals surface area (Å²) in [4.78, 5) is 12.0. The first kappa shape index (κ1) is 27.1. The monoisotopic (exact) mass is 522 g/mol. The lowest BCUT2D eigenvalue weighted by Crippen LogP contribution is -2.21. The van der Waals surface area contributed by atoms with E-state index in [2.05, 4.69) is 0 Å². The van der Waals surface area contributed by atoms with E-state index in [1.165, 1.54) is 0 Å². The van der Waals surface area contributed by atoms with Crippen LogP contribution in [0.3, 0.4) is 0 Å². The lowest BCUT2D eigenvalue weighted by molar-refractivity contribution is 0.0693. The maximum absolute atomic E-state index is 12.0. The third-order valence-corrected chi connectivity index (χ3v) is 7.15. The summed E-state index contributed by atoms with van der Waals surface area (Å²) >= 11 is 0. The molecule has 0 bridgehead atoms. The summed E-state index contributed by atoms with van der Waals surface area (Å²) < 4.78 is 34.0. The van der Waals surface area contributed by atoms with Gasteiger partial charge in [-0.2, -0.15) is 0 Å². The van der Waals surface area contributed by atoms with E-state index in [-0.39, 0.29) is 17.9 Å². The zero-order valence-electron chi connectivity index (χ0n) is 22.4. The summed E-state index contributed by atoms with van der Waals surface area (Å²) in [5.74, 6) is 2.06. The third kappa shape index (κ3) is 5.50. The van der Waals surface area contributed by atoms with Crippen molar-refractivity contribution >= 4 is 5.97 Å². The van der Waals surface area contributed by atoms with E-state index in [4.69, 9.17) is 28.4 Å². The van der Waals surface area contributed by atoms with Crippen molar-refractivity contribution in [3.63, 3.8) is 0 Å². The largest absolute Gasteiger partial charge is 0.493 e. The van der Waals surface area contributed by atoms with Crippen molar-refractivity contribution in [3.8, 4) is 28.7 Å². The van der Waals surface area contributed by atoms with Crippen molar-refractivity contribution in [2.45, 2.75) is 18.9 Å². The van der Waals surface area contributed by atoms with Crippen LogP contribution in [0.25, 0.3) is 0 Å². The molecule has 3 aromatic carbocycles. The van der Waals surface area contributed by atoms with Crippen LogP contribution >= 0.6 is 0 Å². The number of carboxylic acid groups (broad SMARTS) is 1. The second-order valence-corrected chi connectivity index (χ2v) is 9.20. The predicted molar refractivity (Wildman–Crippen MR) is 142 cm³/mol. The summed E-state index contributed by atoms with van der Waals surface area (Å²) in [6, 6.07) is 16.8. The standard InChI is InChI=1S/C30H34O8/c1-33-24-11-10-18(13-25(24)34-2)12-21-17-38-28(20-15-26(35-3)29(37-5)27(16-20)36-4)23(21)14-19-8-6-7-9-22(19)30(31)32/h6-11,13,15-16,21,23,28H,12,14,17H2,1-5H3,(H,31,32)/t21-,23+,28+/m0/s1. The number of hydrogen-bond donors (Lipinski definition) is 1. The van der Waals surface area contributed by atoms with Gasteiger partial charge in [-0.3, -0.25) is 0 Å². The topological polar surface area (TPSA) is 92.7 Å². The van der Waals surface area contributed by atoms with Crippen molar-refractivity contribution in [3.05, 3.63) is 76.9 Å². The summed E-state index contributed by atoms with van der Waals surface area (Å²) in [5.41, 5.74) is 3.03. The first-order valence-corrected chi connectivity index (χ1v) is 12.4. The number of methoxy groups -OCH3 is 5. The Morgan fingerprint density at radius 1 is 0.816 bits per heavy atom. The highest BCUT2D eigenvalue weighted by Gasteiger charge is 2.39. The molecule has 1 aliphatic rings. The molecule has 4 rings (SSSR count). The second-order valence-electron chi connectivity index (χ2n) is 9.20. The van der Waals surface area contributed by atoms with Gasteiger partial charge in [-0.25, -0.2) is 4.79 Å². The van der Waals surface area contributed by atoms with Crippen molar-refractivity contribution < 1.29 is 38.3 Å². The average molecular weight is 523 g/mol. The maximum Gasteiger partial charge on any atom is 0.335 e. The molecule has 202 valence electrons. The van der Waals surface area contributed by atoms with Crippen molar-refractivity contribution in [2.24, 2.45) is 11.8 Å². The van der Waals surface area contributed by atoms with Crippen molar-refractivity contribution in [1.82, 2.24) is 0 Å². The molecule has 1 saturated heterocycles. The molecule has 3 aromatic rings.